The summed E-state index contributed by atoms with van der Waals surface area (Å²) in [6.45, 7) is 0.987. The largest absolute Gasteiger partial charge is 0.349 e. The van der Waals surface area contributed by atoms with Crippen LogP contribution >= 0.6 is 0 Å². The van der Waals surface area contributed by atoms with E-state index in [4.69, 9.17) is 5.26 Å². The smallest absolute Gasteiger partial charge is 0.251 e. The summed E-state index contributed by atoms with van der Waals surface area (Å²) in [7, 11) is 0. The molecule has 2 fully saturated rings. The number of rotatable bonds is 5. The molecule has 1 saturated carbocycles. The Labute approximate surface area is 154 Å². The number of likely N-dealkylation sites (tertiary alicyclic amines) is 1. The van der Waals surface area contributed by atoms with Crippen LogP contribution in [0.25, 0.3) is 0 Å². The van der Waals surface area contributed by atoms with Crippen LogP contribution in [0.15, 0.2) is 30.3 Å². The molecular formula is C20H26N4O2. The number of nitrogens with zero attached hydrogens (tertiary/aromatic N) is 2. The standard InChI is InChI=1S/C20H26N4O2/c21-13-18-7-4-12-24(18)19(25)14-22-16-8-10-17(11-9-16)23-20(26)15-5-2-1-3-6-15/h1-3,5-6,16-18,22H,4,7-12,14H2,(H,23,26). The summed E-state index contributed by atoms with van der Waals surface area (Å²) in [6, 6.07) is 11.7. The fourth-order valence-electron chi connectivity index (χ4n) is 3.83. The maximum Gasteiger partial charge on any atom is 0.251 e. The zero-order valence-corrected chi connectivity index (χ0v) is 15.0. The van der Waals surface area contributed by atoms with Crippen LogP contribution in [0.2, 0.25) is 0 Å². The van der Waals surface area contributed by atoms with Crippen LogP contribution in [0.4, 0.5) is 0 Å². The van der Waals surface area contributed by atoms with Crippen LogP contribution in [0.1, 0.15) is 48.9 Å². The van der Waals surface area contributed by atoms with Crippen LogP contribution in [-0.2, 0) is 4.79 Å². The van der Waals surface area contributed by atoms with Gasteiger partial charge in [0.2, 0.25) is 5.91 Å². The molecule has 1 aliphatic heterocycles. The molecule has 2 N–H and O–H groups in total. The van der Waals surface area contributed by atoms with Crippen molar-refractivity contribution in [3.8, 4) is 6.07 Å². The van der Waals surface area contributed by atoms with Crippen molar-refractivity contribution in [2.75, 3.05) is 13.1 Å². The van der Waals surface area contributed by atoms with E-state index in [1.165, 1.54) is 0 Å². The van der Waals surface area contributed by atoms with Crippen LogP contribution in [0.5, 0.6) is 0 Å². The van der Waals surface area contributed by atoms with Crippen molar-refractivity contribution in [1.29, 1.82) is 5.26 Å². The van der Waals surface area contributed by atoms with Gasteiger partial charge in [-0.3, -0.25) is 9.59 Å². The van der Waals surface area contributed by atoms with E-state index in [0.29, 0.717) is 24.7 Å². The topological polar surface area (TPSA) is 85.2 Å². The third-order valence-electron chi connectivity index (χ3n) is 5.36. The van der Waals surface area contributed by atoms with E-state index in [0.717, 1.165) is 38.5 Å². The normalized spacial score (nSPS) is 25.5. The second-order valence-electron chi connectivity index (χ2n) is 7.14. The van der Waals surface area contributed by atoms with Gasteiger partial charge in [-0.05, 0) is 50.7 Å². The fourth-order valence-corrected chi connectivity index (χ4v) is 3.83. The Morgan fingerprint density at radius 3 is 2.46 bits per heavy atom. The average molecular weight is 354 g/mol. The summed E-state index contributed by atoms with van der Waals surface area (Å²) < 4.78 is 0. The molecule has 6 heteroatoms. The zero-order valence-electron chi connectivity index (χ0n) is 15.0. The number of carbonyl (C=O) groups is 2. The highest BCUT2D eigenvalue weighted by atomic mass is 16.2. The van der Waals surface area contributed by atoms with E-state index in [9.17, 15) is 9.59 Å². The lowest BCUT2D eigenvalue weighted by atomic mass is 9.91. The molecule has 1 aromatic rings. The minimum absolute atomic E-state index is 0.0197. The molecule has 1 unspecified atom stereocenters. The van der Waals surface area contributed by atoms with Gasteiger partial charge >= 0.3 is 0 Å². The van der Waals surface area contributed by atoms with Crippen molar-refractivity contribution in [3.05, 3.63) is 35.9 Å². The van der Waals surface area contributed by atoms with Crippen molar-refractivity contribution in [1.82, 2.24) is 15.5 Å². The van der Waals surface area contributed by atoms with Crippen LogP contribution in [-0.4, -0.2) is 47.9 Å². The summed E-state index contributed by atoms with van der Waals surface area (Å²) >= 11 is 0. The highest BCUT2D eigenvalue weighted by Crippen LogP contribution is 2.20. The van der Waals surface area contributed by atoms with Crippen molar-refractivity contribution in [3.63, 3.8) is 0 Å². The molecule has 2 amide bonds. The molecule has 2 aliphatic rings. The third-order valence-corrected chi connectivity index (χ3v) is 5.36. The number of benzene rings is 1. The minimum Gasteiger partial charge on any atom is -0.349 e. The van der Waals surface area contributed by atoms with Gasteiger partial charge in [-0.15, -0.1) is 0 Å². The fraction of sp³-hybridized carbons (Fsp3) is 0.550. The highest BCUT2D eigenvalue weighted by Gasteiger charge is 2.29. The number of hydrogen-bond acceptors (Lipinski definition) is 4. The van der Waals surface area contributed by atoms with Gasteiger partial charge in [0.1, 0.15) is 6.04 Å². The maximum atomic E-state index is 12.3. The summed E-state index contributed by atoms with van der Waals surface area (Å²) in [6.07, 6.45) is 5.40. The Hall–Kier alpha value is -2.39. The van der Waals surface area contributed by atoms with Gasteiger partial charge < -0.3 is 15.5 Å². The van der Waals surface area contributed by atoms with Crippen molar-refractivity contribution >= 4 is 11.8 Å². The van der Waals surface area contributed by atoms with Gasteiger partial charge in [-0.25, -0.2) is 0 Å². The molecule has 0 radical (unpaired) electrons. The lowest BCUT2D eigenvalue weighted by molar-refractivity contribution is -0.130. The monoisotopic (exact) mass is 354 g/mol. The molecule has 3 rings (SSSR count). The SMILES string of the molecule is N#CC1CCCN1C(=O)CNC1CCC(NC(=O)c2ccccc2)CC1. The molecule has 6 nitrogen and oxygen atoms in total. The molecule has 0 spiro atoms. The van der Waals surface area contributed by atoms with Gasteiger partial charge in [0.25, 0.3) is 5.91 Å². The lowest BCUT2D eigenvalue weighted by Crippen LogP contribution is -2.46. The highest BCUT2D eigenvalue weighted by molar-refractivity contribution is 5.94. The van der Waals surface area contributed by atoms with Crippen LogP contribution in [0, 0.1) is 11.3 Å². The number of nitriles is 1. The molecule has 1 aliphatic carbocycles. The third kappa shape index (κ3) is 4.61. The minimum atomic E-state index is -0.256. The van der Waals surface area contributed by atoms with E-state index >= 15 is 0 Å². The Morgan fingerprint density at radius 1 is 1.08 bits per heavy atom. The first-order valence-corrected chi connectivity index (χ1v) is 9.45. The number of nitrogens with one attached hydrogen (secondary N) is 2. The molecule has 0 aromatic heterocycles. The maximum absolute atomic E-state index is 12.3. The lowest BCUT2D eigenvalue weighted by Gasteiger charge is -2.30. The Morgan fingerprint density at radius 2 is 1.77 bits per heavy atom. The van der Waals surface area contributed by atoms with E-state index in [-0.39, 0.29) is 23.9 Å². The summed E-state index contributed by atoms with van der Waals surface area (Å²) in [5.74, 6) is 0.00215. The van der Waals surface area contributed by atoms with Gasteiger partial charge in [0, 0.05) is 24.2 Å². The summed E-state index contributed by atoms with van der Waals surface area (Å²) in [5, 5.41) is 15.5. The number of hydrogen-bond donors (Lipinski definition) is 2. The van der Waals surface area contributed by atoms with Gasteiger partial charge in [0.05, 0.1) is 12.6 Å². The van der Waals surface area contributed by atoms with Crippen molar-refractivity contribution < 1.29 is 9.59 Å². The zero-order chi connectivity index (χ0) is 18.4. The second kappa shape index (κ2) is 8.81. The molecular weight excluding hydrogens is 328 g/mol. The predicted octanol–water partition coefficient (Wildman–Crippen LogP) is 1.83. The van der Waals surface area contributed by atoms with E-state index in [1.54, 1.807) is 4.90 Å². The Balaban J connectivity index is 1.38. The summed E-state index contributed by atoms with van der Waals surface area (Å²) in [5.41, 5.74) is 0.691. The van der Waals surface area contributed by atoms with Gasteiger partial charge in [0.15, 0.2) is 0 Å². The Kier molecular flexibility index (Phi) is 6.24. The number of carbonyl (C=O) groups excluding carboxylic acids is 2. The molecule has 0 bridgehead atoms. The molecule has 138 valence electrons. The first-order chi connectivity index (χ1) is 12.7. The van der Waals surface area contributed by atoms with Gasteiger partial charge in [-0.2, -0.15) is 5.26 Å². The van der Waals surface area contributed by atoms with Crippen LogP contribution < -0.4 is 10.6 Å². The molecule has 26 heavy (non-hydrogen) atoms. The first kappa shape index (κ1) is 18.4. The van der Waals surface area contributed by atoms with Crippen molar-refractivity contribution in [2.24, 2.45) is 0 Å². The van der Waals surface area contributed by atoms with E-state index < -0.39 is 0 Å². The first-order valence-electron chi connectivity index (χ1n) is 9.45. The van der Waals surface area contributed by atoms with Gasteiger partial charge in [-0.1, -0.05) is 18.2 Å². The molecule has 1 aromatic carbocycles. The van der Waals surface area contributed by atoms with E-state index in [1.807, 2.05) is 30.3 Å². The average Bonchev–Trinajstić information content (AvgIpc) is 3.17. The quantitative estimate of drug-likeness (QED) is 0.845. The molecule has 1 heterocycles. The van der Waals surface area contributed by atoms with Crippen molar-refractivity contribution in [2.45, 2.75) is 56.7 Å². The Bertz CT molecular complexity index is 662. The summed E-state index contributed by atoms with van der Waals surface area (Å²) in [4.78, 5) is 26.2. The van der Waals surface area contributed by atoms with E-state index in [2.05, 4.69) is 16.7 Å². The van der Waals surface area contributed by atoms with Crippen LogP contribution in [0.3, 0.4) is 0 Å². The predicted molar refractivity (Wildman–Crippen MR) is 98.3 cm³/mol. The number of amides is 2. The molecule has 1 saturated heterocycles. The second-order valence-corrected chi connectivity index (χ2v) is 7.14. The molecule has 1 atom stereocenters.